The van der Waals surface area contributed by atoms with Gasteiger partial charge in [-0.2, -0.15) is 0 Å². The fourth-order valence-corrected chi connectivity index (χ4v) is 1.82. The molecule has 0 aliphatic carbocycles. The Labute approximate surface area is 125 Å². The van der Waals surface area contributed by atoms with Crippen LogP contribution in [0.2, 0.25) is 5.02 Å². The number of hydrogen-bond acceptors (Lipinski definition) is 5. The molecule has 2 rings (SSSR count). The number of hydrogen-bond donors (Lipinski definition) is 0. The number of benzene rings is 2. The van der Waals surface area contributed by atoms with E-state index in [4.69, 9.17) is 21.1 Å². The van der Waals surface area contributed by atoms with Gasteiger partial charge in [0.2, 0.25) is 5.75 Å². The fraction of sp³-hybridized carbons (Fsp3) is 0.0714. The smallest absolute Gasteiger partial charge is 0.343 e. The van der Waals surface area contributed by atoms with E-state index < -0.39 is 10.9 Å². The van der Waals surface area contributed by atoms with Gasteiger partial charge in [-0.15, -0.1) is 0 Å². The van der Waals surface area contributed by atoms with Crippen molar-refractivity contribution in [1.29, 1.82) is 0 Å². The van der Waals surface area contributed by atoms with Crippen molar-refractivity contribution >= 4 is 23.3 Å². The summed E-state index contributed by atoms with van der Waals surface area (Å²) in [6.07, 6.45) is 0. The normalized spacial score (nSPS) is 10.0. The Balaban J connectivity index is 2.31. The van der Waals surface area contributed by atoms with Gasteiger partial charge < -0.3 is 9.47 Å². The zero-order chi connectivity index (χ0) is 15.4. The highest BCUT2D eigenvalue weighted by atomic mass is 35.5. The number of carbonyl (C=O) groups is 1. The summed E-state index contributed by atoms with van der Waals surface area (Å²) in [5.74, 6) is -0.596. The van der Waals surface area contributed by atoms with Crippen LogP contribution in [0.4, 0.5) is 5.69 Å². The van der Waals surface area contributed by atoms with Crippen LogP contribution in [0.15, 0.2) is 42.5 Å². The summed E-state index contributed by atoms with van der Waals surface area (Å²) in [5, 5.41) is 11.4. The number of halogens is 1. The molecule has 2 aromatic rings. The van der Waals surface area contributed by atoms with Crippen LogP contribution in [0.5, 0.6) is 11.5 Å². The van der Waals surface area contributed by atoms with Crippen LogP contribution in [0, 0.1) is 10.1 Å². The molecule has 0 atom stereocenters. The molecule has 0 radical (unpaired) electrons. The maximum Gasteiger partial charge on any atom is 0.343 e. The molecule has 0 unspecified atom stereocenters. The Kier molecular flexibility index (Phi) is 4.39. The Hall–Kier alpha value is -2.60. The monoisotopic (exact) mass is 307 g/mol. The van der Waals surface area contributed by atoms with Gasteiger partial charge in [0.25, 0.3) is 0 Å². The molecule has 21 heavy (non-hydrogen) atoms. The number of carbonyl (C=O) groups excluding carboxylic acids is 1. The molecule has 0 aromatic heterocycles. The van der Waals surface area contributed by atoms with Gasteiger partial charge in [0.1, 0.15) is 5.75 Å². The molecule has 108 valence electrons. The zero-order valence-corrected chi connectivity index (χ0v) is 11.7. The Bertz CT molecular complexity index is 702. The average molecular weight is 308 g/mol. The summed E-state index contributed by atoms with van der Waals surface area (Å²) >= 11 is 5.78. The molecule has 6 nitrogen and oxygen atoms in total. The third-order valence-electron chi connectivity index (χ3n) is 2.63. The number of nitrogens with zero attached hydrogens (tertiary/aromatic N) is 1. The van der Waals surface area contributed by atoms with Gasteiger partial charge in [-0.1, -0.05) is 17.7 Å². The molecule has 0 aliphatic rings. The van der Waals surface area contributed by atoms with Crippen LogP contribution < -0.4 is 9.47 Å². The van der Waals surface area contributed by atoms with Gasteiger partial charge in [-0.3, -0.25) is 10.1 Å². The number of rotatable bonds is 4. The molecule has 0 amide bonds. The minimum atomic E-state index is -0.731. The van der Waals surface area contributed by atoms with E-state index in [1.54, 1.807) is 12.1 Å². The van der Waals surface area contributed by atoms with Crippen molar-refractivity contribution in [2.75, 3.05) is 7.11 Å². The Morgan fingerprint density at radius 2 is 2.00 bits per heavy atom. The lowest BCUT2D eigenvalue weighted by Gasteiger charge is -2.06. The van der Waals surface area contributed by atoms with Crippen LogP contribution in [0.3, 0.4) is 0 Å². The van der Waals surface area contributed by atoms with Crippen molar-refractivity contribution in [3.63, 3.8) is 0 Å². The van der Waals surface area contributed by atoms with Gasteiger partial charge >= 0.3 is 11.7 Å². The predicted molar refractivity (Wildman–Crippen MR) is 76.1 cm³/mol. The lowest BCUT2D eigenvalue weighted by atomic mass is 10.2. The SMILES string of the molecule is COc1ccc(OC(=O)c2cccc(Cl)c2)c([N+](=O)[O-])c1. The molecule has 0 N–H and O–H groups in total. The van der Waals surface area contributed by atoms with Gasteiger partial charge in [0, 0.05) is 5.02 Å². The van der Waals surface area contributed by atoms with Crippen LogP contribution in [-0.4, -0.2) is 18.0 Å². The van der Waals surface area contributed by atoms with Crippen LogP contribution in [0.25, 0.3) is 0 Å². The highest BCUT2D eigenvalue weighted by Gasteiger charge is 2.20. The summed E-state index contributed by atoms with van der Waals surface area (Å²) in [6, 6.07) is 10.1. The summed E-state index contributed by atoms with van der Waals surface area (Å²) < 4.78 is 9.96. The van der Waals surface area contributed by atoms with Gasteiger partial charge in [-0.05, 0) is 30.3 Å². The fourth-order valence-electron chi connectivity index (χ4n) is 1.63. The van der Waals surface area contributed by atoms with E-state index in [2.05, 4.69) is 0 Å². The first-order chi connectivity index (χ1) is 10.0. The van der Waals surface area contributed by atoms with Crippen molar-refractivity contribution in [3.8, 4) is 11.5 Å². The minimum Gasteiger partial charge on any atom is -0.496 e. The summed E-state index contributed by atoms with van der Waals surface area (Å²) in [7, 11) is 1.39. The van der Waals surface area contributed by atoms with Crippen molar-refractivity contribution < 1.29 is 19.2 Å². The topological polar surface area (TPSA) is 78.7 Å². The first kappa shape index (κ1) is 14.8. The zero-order valence-electron chi connectivity index (χ0n) is 10.9. The number of nitro benzene ring substituents is 1. The van der Waals surface area contributed by atoms with Crippen molar-refractivity contribution in [1.82, 2.24) is 0 Å². The first-order valence-electron chi connectivity index (χ1n) is 5.81. The van der Waals surface area contributed by atoms with E-state index in [0.717, 1.165) is 0 Å². The molecule has 2 aromatic carbocycles. The van der Waals surface area contributed by atoms with E-state index in [0.29, 0.717) is 10.8 Å². The van der Waals surface area contributed by atoms with Crippen LogP contribution >= 0.6 is 11.6 Å². The van der Waals surface area contributed by atoms with E-state index in [1.807, 2.05) is 0 Å². The Morgan fingerprint density at radius 1 is 1.24 bits per heavy atom. The molecule has 7 heteroatoms. The maximum absolute atomic E-state index is 12.0. The first-order valence-corrected chi connectivity index (χ1v) is 6.19. The molecule has 0 saturated carbocycles. The van der Waals surface area contributed by atoms with Crippen LogP contribution in [-0.2, 0) is 0 Å². The Morgan fingerprint density at radius 3 is 2.62 bits per heavy atom. The molecule has 0 saturated heterocycles. The lowest BCUT2D eigenvalue weighted by Crippen LogP contribution is -2.09. The molecule has 0 heterocycles. The van der Waals surface area contributed by atoms with Gasteiger partial charge in [0.05, 0.1) is 23.7 Å². The number of nitro groups is 1. The van der Waals surface area contributed by atoms with Gasteiger partial charge in [0.15, 0.2) is 0 Å². The van der Waals surface area contributed by atoms with E-state index in [9.17, 15) is 14.9 Å². The quantitative estimate of drug-likeness (QED) is 0.374. The second-order valence-electron chi connectivity index (χ2n) is 3.99. The van der Waals surface area contributed by atoms with Crippen molar-refractivity contribution in [2.45, 2.75) is 0 Å². The molecule has 0 bridgehead atoms. The largest absolute Gasteiger partial charge is 0.496 e. The third-order valence-corrected chi connectivity index (χ3v) is 2.86. The highest BCUT2D eigenvalue weighted by molar-refractivity contribution is 6.30. The minimum absolute atomic E-state index is 0.161. The van der Waals surface area contributed by atoms with E-state index >= 15 is 0 Å². The summed E-state index contributed by atoms with van der Waals surface area (Å²) in [4.78, 5) is 22.3. The van der Waals surface area contributed by atoms with E-state index in [-0.39, 0.29) is 17.0 Å². The number of ether oxygens (including phenoxy) is 2. The maximum atomic E-state index is 12.0. The standard InChI is InChI=1S/C14H10ClNO5/c1-20-11-5-6-13(12(8-11)16(18)19)21-14(17)9-3-2-4-10(15)7-9/h2-8H,1H3. The van der Waals surface area contributed by atoms with Crippen LogP contribution in [0.1, 0.15) is 10.4 Å². The lowest BCUT2D eigenvalue weighted by molar-refractivity contribution is -0.385. The predicted octanol–water partition coefficient (Wildman–Crippen LogP) is 3.48. The molecule has 0 spiro atoms. The average Bonchev–Trinajstić information content (AvgIpc) is 2.47. The second kappa shape index (κ2) is 6.23. The highest BCUT2D eigenvalue weighted by Crippen LogP contribution is 2.31. The molecular weight excluding hydrogens is 298 g/mol. The van der Waals surface area contributed by atoms with Crippen molar-refractivity contribution in [2.24, 2.45) is 0 Å². The van der Waals surface area contributed by atoms with Crippen molar-refractivity contribution in [3.05, 3.63) is 63.2 Å². The number of esters is 1. The van der Waals surface area contributed by atoms with Gasteiger partial charge in [-0.25, -0.2) is 4.79 Å². The van der Waals surface area contributed by atoms with E-state index in [1.165, 1.54) is 37.4 Å². The number of methoxy groups -OCH3 is 1. The molecule has 0 fully saturated rings. The third kappa shape index (κ3) is 3.49. The summed E-state index contributed by atoms with van der Waals surface area (Å²) in [5.41, 5.74) is -0.155. The second-order valence-corrected chi connectivity index (χ2v) is 4.43. The summed E-state index contributed by atoms with van der Waals surface area (Å²) in [6.45, 7) is 0. The molecule has 0 aliphatic heterocycles. The molecular formula is C14H10ClNO5.